The number of hydrogen-bond donors (Lipinski definition) is 0. The highest BCUT2D eigenvalue weighted by molar-refractivity contribution is 5.92. The normalized spacial score (nSPS) is 19.2. The van der Waals surface area contributed by atoms with Crippen LogP contribution in [0, 0.1) is 5.92 Å². The quantitative estimate of drug-likeness (QED) is 0.402. The van der Waals surface area contributed by atoms with Gasteiger partial charge < -0.3 is 9.64 Å². The minimum atomic E-state index is 0.225. The Balaban J connectivity index is 1.25. The molecule has 0 bridgehead atoms. The molecule has 0 spiro atoms. The Labute approximate surface area is 209 Å². The Kier molecular flexibility index (Phi) is 7.63. The van der Waals surface area contributed by atoms with Crippen LogP contribution in [0.5, 0.6) is 5.75 Å². The van der Waals surface area contributed by atoms with Crippen molar-refractivity contribution in [2.24, 2.45) is 5.92 Å². The van der Waals surface area contributed by atoms with Crippen molar-refractivity contribution in [2.75, 3.05) is 38.2 Å². The van der Waals surface area contributed by atoms with Gasteiger partial charge in [-0.25, -0.2) is 4.98 Å². The van der Waals surface area contributed by atoms with Crippen molar-refractivity contribution < 1.29 is 9.53 Å². The van der Waals surface area contributed by atoms with Gasteiger partial charge >= 0.3 is 0 Å². The van der Waals surface area contributed by atoms with E-state index < -0.39 is 0 Å². The van der Waals surface area contributed by atoms with Gasteiger partial charge in [0.05, 0.1) is 7.11 Å². The fourth-order valence-corrected chi connectivity index (χ4v) is 5.97. The number of pyridine rings is 1. The third-order valence-corrected chi connectivity index (χ3v) is 7.88. The van der Waals surface area contributed by atoms with E-state index in [-0.39, 0.29) is 5.91 Å². The largest absolute Gasteiger partial charge is 0.496 e. The van der Waals surface area contributed by atoms with Gasteiger partial charge in [-0.1, -0.05) is 61.7 Å². The van der Waals surface area contributed by atoms with Crippen molar-refractivity contribution in [3.05, 3.63) is 66.4 Å². The molecule has 1 amide bonds. The van der Waals surface area contributed by atoms with Crippen molar-refractivity contribution in [2.45, 2.75) is 50.9 Å². The van der Waals surface area contributed by atoms with Gasteiger partial charge in [-0.15, -0.1) is 0 Å². The number of carbonyl (C=O) groups excluding carboxylic acids is 1. The van der Waals surface area contributed by atoms with Crippen molar-refractivity contribution in [3.63, 3.8) is 0 Å². The van der Waals surface area contributed by atoms with E-state index in [1.165, 1.54) is 48.4 Å². The fraction of sp³-hybridized carbons (Fsp3) is 0.467. The number of amides is 1. The molecular weight excluding hydrogens is 434 g/mol. The maximum Gasteiger partial charge on any atom is 0.228 e. The zero-order chi connectivity index (χ0) is 24.0. The SMILES string of the molecule is COc1c(C2CCN(CCN(C(=O)CC3CCCCC3)c3ccccn3)C2)ccc2ccccc12. The lowest BCUT2D eigenvalue weighted by Gasteiger charge is -2.28. The summed E-state index contributed by atoms with van der Waals surface area (Å²) in [6, 6.07) is 18.7. The summed E-state index contributed by atoms with van der Waals surface area (Å²) >= 11 is 0. The minimum absolute atomic E-state index is 0.225. The van der Waals surface area contributed by atoms with Crippen molar-refractivity contribution in [3.8, 4) is 5.75 Å². The first-order valence-corrected chi connectivity index (χ1v) is 13.2. The predicted octanol–water partition coefficient (Wildman–Crippen LogP) is 6.04. The zero-order valence-corrected chi connectivity index (χ0v) is 20.9. The number of fused-ring (bicyclic) bond motifs is 1. The molecule has 2 heterocycles. The summed E-state index contributed by atoms with van der Waals surface area (Å²) in [5, 5.41) is 2.39. The highest BCUT2D eigenvalue weighted by atomic mass is 16.5. The standard InChI is InChI=1S/C30H37N3O2/c1-35-30-26-12-6-5-11-24(26)14-15-27(30)25-16-18-32(22-25)19-20-33(28-13-7-8-17-31-28)29(34)21-23-9-3-2-4-10-23/h5-8,11-15,17,23,25H,2-4,9-10,16,18-22H2,1H3. The summed E-state index contributed by atoms with van der Waals surface area (Å²) in [5.41, 5.74) is 1.30. The van der Waals surface area contributed by atoms with Gasteiger partial charge in [0.1, 0.15) is 11.6 Å². The van der Waals surface area contributed by atoms with Crippen LogP contribution in [0.2, 0.25) is 0 Å². The van der Waals surface area contributed by atoms with Crippen LogP contribution in [0.15, 0.2) is 60.8 Å². The number of benzene rings is 2. The highest BCUT2D eigenvalue weighted by Crippen LogP contribution is 2.38. The lowest BCUT2D eigenvalue weighted by atomic mass is 9.86. The Hall–Kier alpha value is -2.92. The van der Waals surface area contributed by atoms with E-state index in [0.717, 1.165) is 37.6 Å². The predicted molar refractivity (Wildman–Crippen MR) is 142 cm³/mol. The molecule has 184 valence electrons. The van der Waals surface area contributed by atoms with Crippen LogP contribution in [0.25, 0.3) is 10.8 Å². The Bertz CT molecular complexity index is 1130. The highest BCUT2D eigenvalue weighted by Gasteiger charge is 2.28. The smallest absolute Gasteiger partial charge is 0.228 e. The summed E-state index contributed by atoms with van der Waals surface area (Å²) in [6.45, 7) is 3.57. The van der Waals surface area contributed by atoms with Crippen LogP contribution in [-0.4, -0.2) is 49.1 Å². The molecule has 1 unspecified atom stereocenters. The molecule has 0 radical (unpaired) electrons. The average molecular weight is 472 g/mol. The van der Waals surface area contributed by atoms with Gasteiger partial charge in [0, 0.05) is 43.6 Å². The molecule has 0 N–H and O–H groups in total. The molecular formula is C30H37N3O2. The third-order valence-electron chi connectivity index (χ3n) is 7.88. The van der Waals surface area contributed by atoms with E-state index in [1.807, 2.05) is 23.1 Å². The summed E-state index contributed by atoms with van der Waals surface area (Å²) in [6.07, 6.45) is 9.74. The molecule has 1 saturated heterocycles. The Morgan fingerprint density at radius 2 is 1.86 bits per heavy atom. The molecule has 5 nitrogen and oxygen atoms in total. The summed E-state index contributed by atoms with van der Waals surface area (Å²) in [7, 11) is 1.78. The first-order valence-electron chi connectivity index (χ1n) is 13.2. The molecule has 5 rings (SSSR count). The maximum absolute atomic E-state index is 13.4. The van der Waals surface area contributed by atoms with Crippen molar-refractivity contribution in [1.29, 1.82) is 0 Å². The van der Waals surface area contributed by atoms with E-state index in [4.69, 9.17) is 4.74 Å². The van der Waals surface area contributed by atoms with Crippen molar-refractivity contribution >= 4 is 22.5 Å². The Morgan fingerprint density at radius 3 is 2.66 bits per heavy atom. The van der Waals surface area contributed by atoms with Gasteiger partial charge in [0.2, 0.25) is 5.91 Å². The number of methoxy groups -OCH3 is 1. The number of anilines is 1. The van der Waals surface area contributed by atoms with E-state index in [1.54, 1.807) is 13.3 Å². The van der Waals surface area contributed by atoms with Gasteiger partial charge in [-0.2, -0.15) is 0 Å². The monoisotopic (exact) mass is 471 g/mol. The second-order valence-corrected chi connectivity index (χ2v) is 10.1. The van der Waals surface area contributed by atoms with E-state index in [9.17, 15) is 4.79 Å². The van der Waals surface area contributed by atoms with Crippen LogP contribution in [0.4, 0.5) is 5.82 Å². The molecule has 1 aliphatic carbocycles. The molecule has 35 heavy (non-hydrogen) atoms. The number of hydrogen-bond acceptors (Lipinski definition) is 4. The van der Waals surface area contributed by atoms with E-state index >= 15 is 0 Å². The van der Waals surface area contributed by atoms with Gasteiger partial charge in [-0.05, 0) is 54.8 Å². The van der Waals surface area contributed by atoms with E-state index in [2.05, 4.69) is 46.3 Å². The first-order chi connectivity index (χ1) is 17.2. The van der Waals surface area contributed by atoms with Crippen molar-refractivity contribution in [1.82, 2.24) is 9.88 Å². The first kappa shape index (κ1) is 23.8. The topological polar surface area (TPSA) is 45.7 Å². The summed E-state index contributed by atoms with van der Waals surface area (Å²) < 4.78 is 5.89. The van der Waals surface area contributed by atoms with Gasteiger partial charge in [-0.3, -0.25) is 9.69 Å². The third kappa shape index (κ3) is 5.51. The summed E-state index contributed by atoms with van der Waals surface area (Å²) in [4.78, 5) is 22.3. The lowest BCUT2D eigenvalue weighted by Crippen LogP contribution is -2.39. The number of nitrogens with zero attached hydrogens (tertiary/aromatic N) is 3. The lowest BCUT2D eigenvalue weighted by molar-refractivity contribution is -0.119. The maximum atomic E-state index is 13.4. The molecule has 1 atom stereocenters. The van der Waals surface area contributed by atoms with E-state index in [0.29, 0.717) is 24.8 Å². The molecule has 5 heteroatoms. The summed E-state index contributed by atoms with van der Waals surface area (Å²) in [5.74, 6) is 2.98. The zero-order valence-electron chi connectivity index (χ0n) is 20.9. The number of likely N-dealkylation sites (tertiary alicyclic amines) is 1. The molecule has 1 saturated carbocycles. The second-order valence-electron chi connectivity index (χ2n) is 10.1. The Morgan fingerprint density at radius 1 is 1.03 bits per heavy atom. The van der Waals surface area contributed by atoms with Crippen LogP contribution >= 0.6 is 0 Å². The van der Waals surface area contributed by atoms with Crippen LogP contribution < -0.4 is 9.64 Å². The molecule has 2 aliphatic rings. The number of rotatable bonds is 8. The van der Waals surface area contributed by atoms with Crippen LogP contribution in [0.3, 0.4) is 0 Å². The number of aromatic nitrogens is 1. The molecule has 1 aliphatic heterocycles. The second kappa shape index (κ2) is 11.2. The molecule has 3 aromatic rings. The molecule has 1 aromatic heterocycles. The minimum Gasteiger partial charge on any atom is -0.496 e. The van der Waals surface area contributed by atoms with Gasteiger partial charge in [0.25, 0.3) is 0 Å². The molecule has 2 fully saturated rings. The average Bonchev–Trinajstić information content (AvgIpc) is 3.38. The number of carbonyl (C=O) groups is 1. The van der Waals surface area contributed by atoms with Gasteiger partial charge in [0.15, 0.2) is 0 Å². The van der Waals surface area contributed by atoms with Crippen LogP contribution in [0.1, 0.15) is 56.4 Å². The molecule has 2 aromatic carbocycles. The van der Waals surface area contributed by atoms with Crippen LogP contribution in [-0.2, 0) is 4.79 Å². The number of ether oxygens (including phenoxy) is 1. The fourth-order valence-electron chi connectivity index (χ4n) is 5.97.